The maximum atomic E-state index is 11.7. The van der Waals surface area contributed by atoms with Crippen LogP contribution < -0.4 is 5.32 Å². The van der Waals surface area contributed by atoms with Crippen LogP contribution in [-0.2, 0) is 7.05 Å². The number of hydrogen-bond acceptors (Lipinski definition) is 5. The molecule has 0 radical (unpaired) electrons. The van der Waals surface area contributed by atoms with E-state index < -0.39 is 10.8 Å². The van der Waals surface area contributed by atoms with Crippen LogP contribution in [0.1, 0.15) is 10.5 Å². The first-order chi connectivity index (χ1) is 8.56. The SMILES string of the molecule is Cn1cc(C(=O)Nc2cccc([N+](=O)[O-])c2)nn1. The van der Waals surface area contributed by atoms with Gasteiger partial charge in [-0.1, -0.05) is 11.3 Å². The molecule has 1 N–H and O–H groups in total. The number of nitro benzene ring substituents is 1. The number of aryl methyl sites for hydroxylation is 1. The lowest BCUT2D eigenvalue weighted by Crippen LogP contribution is -2.12. The number of benzene rings is 1. The number of nitrogens with zero attached hydrogens (tertiary/aromatic N) is 4. The molecular weight excluding hydrogens is 238 g/mol. The van der Waals surface area contributed by atoms with Gasteiger partial charge in [-0.25, -0.2) is 0 Å². The van der Waals surface area contributed by atoms with Gasteiger partial charge in [-0.05, 0) is 6.07 Å². The smallest absolute Gasteiger partial charge is 0.277 e. The highest BCUT2D eigenvalue weighted by molar-refractivity contribution is 6.02. The Bertz CT molecular complexity index is 607. The van der Waals surface area contributed by atoms with E-state index >= 15 is 0 Å². The van der Waals surface area contributed by atoms with Crippen LogP contribution in [0, 0.1) is 10.1 Å². The Morgan fingerprint density at radius 3 is 2.89 bits per heavy atom. The lowest BCUT2D eigenvalue weighted by molar-refractivity contribution is -0.384. The second kappa shape index (κ2) is 4.62. The number of non-ortho nitro benzene ring substituents is 1. The Morgan fingerprint density at radius 1 is 1.50 bits per heavy atom. The summed E-state index contributed by atoms with van der Waals surface area (Å²) in [7, 11) is 1.64. The summed E-state index contributed by atoms with van der Waals surface area (Å²) in [6.45, 7) is 0. The van der Waals surface area contributed by atoms with E-state index in [1.165, 1.54) is 29.1 Å². The highest BCUT2D eigenvalue weighted by Crippen LogP contribution is 2.17. The van der Waals surface area contributed by atoms with Gasteiger partial charge in [0, 0.05) is 24.9 Å². The maximum absolute atomic E-state index is 11.7. The van der Waals surface area contributed by atoms with Gasteiger partial charge in [0.1, 0.15) is 0 Å². The lowest BCUT2D eigenvalue weighted by atomic mass is 10.2. The third-order valence-corrected chi connectivity index (χ3v) is 2.15. The van der Waals surface area contributed by atoms with Crippen LogP contribution in [0.2, 0.25) is 0 Å². The molecular formula is C10H9N5O3. The fourth-order valence-electron chi connectivity index (χ4n) is 1.34. The van der Waals surface area contributed by atoms with Gasteiger partial charge in [0.15, 0.2) is 5.69 Å². The van der Waals surface area contributed by atoms with Gasteiger partial charge in [0.25, 0.3) is 11.6 Å². The minimum atomic E-state index is -0.530. The normalized spacial score (nSPS) is 10.1. The van der Waals surface area contributed by atoms with Crippen molar-refractivity contribution in [3.63, 3.8) is 0 Å². The number of rotatable bonds is 3. The van der Waals surface area contributed by atoms with Crippen molar-refractivity contribution in [1.82, 2.24) is 15.0 Å². The molecule has 0 aliphatic heterocycles. The molecule has 0 spiro atoms. The van der Waals surface area contributed by atoms with Gasteiger partial charge in [0.2, 0.25) is 0 Å². The molecule has 8 heteroatoms. The maximum Gasteiger partial charge on any atom is 0.277 e. The molecule has 0 atom stereocenters. The second-order valence-corrected chi connectivity index (χ2v) is 3.54. The van der Waals surface area contributed by atoms with E-state index in [-0.39, 0.29) is 11.4 Å². The summed E-state index contributed by atoms with van der Waals surface area (Å²) in [6, 6.07) is 5.66. The van der Waals surface area contributed by atoms with Gasteiger partial charge in [0.05, 0.1) is 11.1 Å². The monoisotopic (exact) mass is 247 g/mol. The molecule has 0 aliphatic rings. The first-order valence-corrected chi connectivity index (χ1v) is 4.98. The quantitative estimate of drug-likeness (QED) is 0.643. The summed E-state index contributed by atoms with van der Waals surface area (Å²) in [5, 5.41) is 20.3. The zero-order valence-corrected chi connectivity index (χ0v) is 9.40. The van der Waals surface area contributed by atoms with Crippen LogP contribution >= 0.6 is 0 Å². The summed E-state index contributed by atoms with van der Waals surface area (Å²) in [4.78, 5) is 21.8. The molecule has 1 heterocycles. The van der Waals surface area contributed by atoms with Crippen molar-refractivity contribution in [2.45, 2.75) is 0 Å². The third-order valence-electron chi connectivity index (χ3n) is 2.15. The van der Waals surface area contributed by atoms with E-state index in [2.05, 4.69) is 15.6 Å². The van der Waals surface area contributed by atoms with Crippen molar-refractivity contribution in [2.24, 2.45) is 7.05 Å². The number of anilines is 1. The van der Waals surface area contributed by atoms with Crippen LogP contribution in [0.15, 0.2) is 30.5 Å². The highest BCUT2D eigenvalue weighted by atomic mass is 16.6. The minimum absolute atomic E-state index is 0.0908. The molecule has 2 rings (SSSR count). The Balaban J connectivity index is 2.16. The molecule has 0 fully saturated rings. The molecule has 0 aliphatic carbocycles. The number of nitro groups is 1. The van der Waals surface area contributed by atoms with Gasteiger partial charge in [-0.2, -0.15) is 0 Å². The second-order valence-electron chi connectivity index (χ2n) is 3.54. The molecule has 0 bridgehead atoms. The summed E-state index contributed by atoms with van der Waals surface area (Å²) in [5.74, 6) is -0.469. The van der Waals surface area contributed by atoms with Gasteiger partial charge in [-0.3, -0.25) is 19.6 Å². The molecule has 2 aromatic rings. The number of carbonyl (C=O) groups is 1. The third kappa shape index (κ3) is 2.48. The van der Waals surface area contributed by atoms with Crippen molar-refractivity contribution in [2.75, 3.05) is 5.32 Å². The van der Waals surface area contributed by atoms with Crippen molar-refractivity contribution in [3.05, 3.63) is 46.3 Å². The number of aromatic nitrogens is 3. The van der Waals surface area contributed by atoms with Crippen molar-refractivity contribution < 1.29 is 9.72 Å². The Kier molecular flexibility index (Phi) is 3.00. The van der Waals surface area contributed by atoms with Gasteiger partial charge < -0.3 is 5.32 Å². The number of hydrogen-bond donors (Lipinski definition) is 1. The minimum Gasteiger partial charge on any atom is -0.320 e. The number of carbonyl (C=O) groups excluding carboxylic acids is 1. The van der Waals surface area contributed by atoms with Crippen molar-refractivity contribution in [1.29, 1.82) is 0 Å². The predicted octanol–water partition coefficient (Wildman–Crippen LogP) is 0.976. The average Bonchev–Trinajstić information content (AvgIpc) is 2.76. The van der Waals surface area contributed by atoms with E-state index in [1.807, 2.05) is 0 Å². The van der Waals surface area contributed by atoms with Crippen molar-refractivity contribution in [3.8, 4) is 0 Å². The first-order valence-electron chi connectivity index (χ1n) is 4.98. The van der Waals surface area contributed by atoms with E-state index in [1.54, 1.807) is 13.1 Å². The molecule has 0 unspecified atom stereocenters. The van der Waals surface area contributed by atoms with E-state index in [0.29, 0.717) is 5.69 Å². The van der Waals surface area contributed by atoms with E-state index in [9.17, 15) is 14.9 Å². The summed E-state index contributed by atoms with van der Waals surface area (Å²) < 4.78 is 1.39. The molecule has 0 saturated carbocycles. The van der Waals surface area contributed by atoms with Gasteiger partial charge in [-0.15, -0.1) is 5.10 Å². The lowest BCUT2D eigenvalue weighted by Gasteiger charge is -2.01. The number of amides is 1. The van der Waals surface area contributed by atoms with Crippen LogP contribution in [0.4, 0.5) is 11.4 Å². The van der Waals surface area contributed by atoms with E-state index in [4.69, 9.17) is 0 Å². The number of nitrogens with one attached hydrogen (secondary N) is 1. The van der Waals surface area contributed by atoms with E-state index in [0.717, 1.165) is 0 Å². The van der Waals surface area contributed by atoms with Crippen LogP contribution in [0.5, 0.6) is 0 Å². The molecule has 18 heavy (non-hydrogen) atoms. The molecule has 8 nitrogen and oxygen atoms in total. The fraction of sp³-hybridized carbons (Fsp3) is 0.100. The first kappa shape index (κ1) is 11.7. The molecule has 1 aromatic carbocycles. The van der Waals surface area contributed by atoms with Crippen LogP contribution in [0.25, 0.3) is 0 Å². The Hall–Kier alpha value is -2.77. The van der Waals surface area contributed by atoms with Crippen LogP contribution in [0.3, 0.4) is 0 Å². The zero-order chi connectivity index (χ0) is 13.1. The van der Waals surface area contributed by atoms with Crippen molar-refractivity contribution >= 4 is 17.3 Å². The predicted molar refractivity (Wildman–Crippen MR) is 62.1 cm³/mol. The highest BCUT2D eigenvalue weighted by Gasteiger charge is 2.12. The summed E-state index contributed by atoms with van der Waals surface area (Å²) >= 11 is 0. The Morgan fingerprint density at radius 2 is 2.28 bits per heavy atom. The fourth-order valence-corrected chi connectivity index (χ4v) is 1.34. The average molecular weight is 247 g/mol. The topological polar surface area (TPSA) is 103 Å². The molecule has 0 saturated heterocycles. The Labute approximate surface area is 101 Å². The zero-order valence-electron chi connectivity index (χ0n) is 9.40. The largest absolute Gasteiger partial charge is 0.320 e. The van der Waals surface area contributed by atoms with Crippen LogP contribution in [-0.4, -0.2) is 25.8 Å². The standard InChI is InChI=1S/C10H9N5O3/c1-14-6-9(12-13-14)10(16)11-7-3-2-4-8(5-7)15(17)18/h2-6H,1H3,(H,11,16). The molecule has 1 amide bonds. The molecule has 1 aromatic heterocycles. The summed E-state index contributed by atoms with van der Waals surface area (Å²) in [6.07, 6.45) is 1.45. The molecule has 92 valence electrons. The summed E-state index contributed by atoms with van der Waals surface area (Å²) in [5.41, 5.74) is 0.385. The van der Waals surface area contributed by atoms with Gasteiger partial charge >= 0.3 is 0 Å².